The zero-order valence-electron chi connectivity index (χ0n) is 15.4. The maximum atomic E-state index is 12.1. The minimum atomic E-state index is -0.767. The Bertz CT molecular complexity index is 436. The van der Waals surface area contributed by atoms with E-state index in [2.05, 4.69) is 6.92 Å². The molecular weight excluding hydrogens is 560 g/mol. The molecule has 0 unspecified atom stereocenters. The number of hydrogen-bond acceptors (Lipinski definition) is 4. The minimum Gasteiger partial charge on any atom is -0.481 e. The van der Waals surface area contributed by atoms with Crippen molar-refractivity contribution in [2.24, 2.45) is 11.8 Å². The van der Waals surface area contributed by atoms with Crippen molar-refractivity contribution in [2.45, 2.75) is 238 Å². The van der Waals surface area contributed by atoms with Crippen molar-refractivity contribution < 1.29 is 24.9 Å². The molecule has 45 heavy (non-hydrogen) atoms. The molecule has 0 heterocycles. The summed E-state index contributed by atoms with van der Waals surface area (Å²) < 4.78 is 0. The van der Waals surface area contributed by atoms with Gasteiger partial charge in [-0.05, 0) is 19.3 Å². The van der Waals surface area contributed by atoms with Crippen LogP contribution < -0.4 is 0 Å². The van der Waals surface area contributed by atoms with Crippen molar-refractivity contribution in [1.82, 2.24) is 0 Å². The number of unbranched alkanes of at least 4 members (excludes halogenated alkanes) is 5. The summed E-state index contributed by atoms with van der Waals surface area (Å²) in [7, 11) is 0. The van der Waals surface area contributed by atoms with Crippen LogP contribution in [0.4, 0.5) is 0 Å². The van der Waals surface area contributed by atoms with Crippen LogP contribution in [0.5, 0.6) is 0 Å². The summed E-state index contributed by atoms with van der Waals surface area (Å²) in [4.78, 5) is 22.6. The van der Waals surface area contributed by atoms with E-state index in [0.29, 0.717) is 6.42 Å². The average Bonchev–Trinajstić information content (AvgIpc) is 2.82. The zero-order chi connectivity index (χ0) is 18.7. The van der Waals surface area contributed by atoms with Gasteiger partial charge in [-0.25, -0.2) is 0 Å². The van der Waals surface area contributed by atoms with Gasteiger partial charge in [0.05, 0.1) is 12.2 Å². The van der Waals surface area contributed by atoms with Gasteiger partial charge in [-0.2, -0.15) is 0 Å². The fraction of sp³-hybridized carbons (Fsp3) is 0.900. The average molecular weight is 675 g/mol. The van der Waals surface area contributed by atoms with Gasteiger partial charge in [-0.1, -0.05) is 206 Å². The lowest BCUT2D eigenvalue weighted by Gasteiger charge is -2.18. The predicted molar refractivity (Wildman–Crippen MR) is 232 cm³/mol. The zero-order valence-corrected chi connectivity index (χ0v) is 15.4. The summed E-state index contributed by atoms with van der Waals surface area (Å²) in [6.45, 7) is 2.12. The van der Waals surface area contributed by atoms with Crippen molar-refractivity contribution in [2.75, 3.05) is 0 Å². The van der Waals surface area contributed by atoms with E-state index in [9.17, 15) is 19.8 Å². The standard InChI is InChI=1S/C20H34O5.20CH4/c1-2-3-6-9-15(21)12-13-17-16(18(22)14-19(17)23)10-7-4-5-8-11-20(24)25;;;;;;;;;;;;;;;;;;;;/h12-13,15-17,19,21,23H,2-11,14H2,1H3,(H,24,25);20*1H4/b13-12+;;;;;;;;;;;;;;;;;;;;/t15-,16+,17+,19+;;;;;;;;;;;;;;;;;;;;/m0..................../s1. The fourth-order valence-electron chi connectivity index (χ4n) is 3.54. The number of aliphatic carboxylic acids is 1. The topological polar surface area (TPSA) is 94.8 Å². The van der Waals surface area contributed by atoms with E-state index in [-0.39, 0.29) is 179 Å². The van der Waals surface area contributed by atoms with Crippen molar-refractivity contribution in [3.63, 3.8) is 0 Å². The number of carboxylic acids is 1. The second-order valence-corrected chi connectivity index (χ2v) is 7.22. The Labute approximate surface area is 298 Å². The first-order valence-electron chi connectivity index (χ1n) is 9.74. The highest BCUT2D eigenvalue weighted by atomic mass is 16.4. The SMILES string of the molecule is C.C.C.C.C.C.C.C.C.C.C.C.C.C.C.C.C.C.C.C.CCCCC[C@H](O)/C=C/[C@H]1[C@H](O)CC(=O)[C@@H]1CCCCCCC(=O)O. The Morgan fingerprint density at radius 3 is 1.47 bits per heavy atom. The van der Waals surface area contributed by atoms with E-state index in [4.69, 9.17) is 5.11 Å². The smallest absolute Gasteiger partial charge is 0.303 e. The van der Waals surface area contributed by atoms with Crippen LogP contribution in [0.1, 0.15) is 226 Å². The van der Waals surface area contributed by atoms with Gasteiger partial charge < -0.3 is 15.3 Å². The van der Waals surface area contributed by atoms with Crippen LogP contribution in [0.2, 0.25) is 0 Å². The molecule has 4 atom stereocenters. The third-order valence-electron chi connectivity index (χ3n) is 5.05. The lowest BCUT2D eigenvalue weighted by molar-refractivity contribution is -0.137. The number of aliphatic hydroxyl groups is 2. The number of carbonyl (C=O) groups is 2. The lowest BCUT2D eigenvalue weighted by atomic mass is 9.88. The molecule has 5 nitrogen and oxygen atoms in total. The second-order valence-electron chi connectivity index (χ2n) is 7.22. The van der Waals surface area contributed by atoms with Crippen LogP contribution in [0, 0.1) is 11.8 Å². The Kier molecular flexibility index (Phi) is 265. The van der Waals surface area contributed by atoms with Gasteiger partial charge in [0.15, 0.2) is 0 Å². The molecule has 5 heteroatoms. The van der Waals surface area contributed by atoms with Gasteiger partial charge in [0.25, 0.3) is 0 Å². The monoisotopic (exact) mass is 675 g/mol. The van der Waals surface area contributed by atoms with E-state index < -0.39 is 18.2 Å². The Morgan fingerprint density at radius 2 is 1.09 bits per heavy atom. The number of aliphatic hydroxyl groups excluding tert-OH is 2. The van der Waals surface area contributed by atoms with Gasteiger partial charge in [0.2, 0.25) is 0 Å². The van der Waals surface area contributed by atoms with E-state index in [1.165, 1.54) is 0 Å². The molecule has 0 bridgehead atoms. The molecule has 1 saturated carbocycles. The van der Waals surface area contributed by atoms with Gasteiger partial charge in [-0.3, -0.25) is 9.59 Å². The summed E-state index contributed by atoms with van der Waals surface area (Å²) in [6.07, 6.45) is 10.7. The third-order valence-corrected chi connectivity index (χ3v) is 5.05. The maximum Gasteiger partial charge on any atom is 0.303 e. The van der Waals surface area contributed by atoms with Crippen molar-refractivity contribution >= 4 is 11.8 Å². The molecule has 0 aromatic heterocycles. The fourth-order valence-corrected chi connectivity index (χ4v) is 3.54. The second kappa shape index (κ2) is 84.2. The number of carboxylic acid groups (broad SMARTS) is 1. The van der Waals surface area contributed by atoms with E-state index >= 15 is 0 Å². The summed E-state index contributed by atoms with van der Waals surface area (Å²) in [5.74, 6) is -1.04. The van der Waals surface area contributed by atoms with Gasteiger partial charge >= 0.3 is 5.97 Å². The normalized spacial score (nSPS) is 13.8. The van der Waals surface area contributed by atoms with Crippen LogP contribution in [-0.4, -0.2) is 39.3 Å². The molecule has 304 valence electrons. The molecule has 1 rings (SSSR count). The summed E-state index contributed by atoms with van der Waals surface area (Å²) in [5, 5.41) is 28.7. The molecule has 0 amide bonds. The first-order valence-corrected chi connectivity index (χ1v) is 9.74. The van der Waals surface area contributed by atoms with Gasteiger partial charge in [-0.15, -0.1) is 0 Å². The predicted octanol–water partition coefficient (Wildman–Crippen LogP) is 16.2. The minimum absolute atomic E-state index is 0. The summed E-state index contributed by atoms with van der Waals surface area (Å²) in [5.41, 5.74) is 0. The molecule has 3 N–H and O–H groups in total. The quantitative estimate of drug-likeness (QED) is 0.133. The number of carbonyl (C=O) groups excluding carboxylic acids is 1. The van der Waals surface area contributed by atoms with Crippen molar-refractivity contribution in [3.8, 4) is 0 Å². The molecular formula is C40H114O5. The number of Topliss-reactive ketones (excluding diaryl/α,β-unsaturated/α-hetero) is 1. The molecule has 0 aromatic carbocycles. The molecule has 1 fully saturated rings. The van der Waals surface area contributed by atoms with Gasteiger partial charge in [0.1, 0.15) is 5.78 Å². The van der Waals surface area contributed by atoms with Crippen LogP contribution >= 0.6 is 0 Å². The summed E-state index contributed by atoms with van der Waals surface area (Å²) in [6, 6.07) is 0. The van der Waals surface area contributed by atoms with Gasteiger partial charge in [0, 0.05) is 24.7 Å². The van der Waals surface area contributed by atoms with Crippen LogP contribution in [-0.2, 0) is 9.59 Å². The number of ketones is 1. The molecule has 0 radical (unpaired) electrons. The maximum absolute atomic E-state index is 12.1. The Hall–Kier alpha value is -1.20. The first-order chi connectivity index (χ1) is 12.0. The Morgan fingerprint density at radius 1 is 0.689 bits per heavy atom. The first kappa shape index (κ1) is 142. The highest BCUT2D eigenvalue weighted by molar-refractivity contribution is 5.84. The van der Waals surface area contributed by atoms with Crippen molar-refractivity contribution in [1.29, 1.82) is 0 Å². The molecule has 0 spiro atoms. The molecule has 0 saturated heterocycles. The van der Waals surface area contributed by atoms with Crippen molar-refractivity contribution in [3.05, 3.63) is 12.2 Å². The summed E-state index contributed by atoms with van der Waals surface area (Å²) >= 11 is 0. The molecule has 0 aromatic rings. The molecule has 1 aliphatic carbocycles. The van der Waals surface area contributed by atoms with Crippen LogP contribution in [0.15, 0.2) is 12.2 Å². The lowest BCUT2D eigenvalue weighted by Crippen LogP contribution is -2.19. The number of rotatable bonds is 13. The largest absolute Gasteiger partial charge is 0.481 e. The highest BCUT2D eigenvalue weighted by Crippen LogP contribution is 2.34. The van der Waals surface area contributed by atoms with Crippen LogP contribution in [0.25, 0.3) is 0 Å². The van der Waals surface area contributed by atoms with E-state index in [1.807, 2.05) is 6.08 Å². The molecule has 1 aliphatic rings. The number of hydrogen-bond donors (Lipinski definition) is 3. The highest BCUT2D eigenvalue weighted by Gasteiger charge is 2.39. The van der Waals surface area contributed by atoms with E-state index in [1.54, 1.807) is 6.08 Å². The van der Waals surface area contributed by atoms with Crippen LogP contribution in [0.3, 0.4) is 0 Å². The Balaban J connectivity index is -0.0000000174. The molecule has 0 aliphatic heterocycles. The van der Waals surface area contributed by atoms with E-state index in [0.717, 1.165) is 51.4 Å². The third kappa shape index (κ3) is 62.4.